The molecular weight excluding hydrogens is 361 g/mol. The standard InChI is InChI=1S/C19H13F3N2O3/c20-19(21,22)15-4-2-1-3-12(15)9-13(11-23)18(25)24-14-5-6-16-17(10-14)27-8-7-26-16/h1-6,9-10H,7-8H2,(H,24,25)/b13-9+. The number of carbonyl (C=O) groups excluding carboxylic acids is 1. The number of alkyl halides is 3. The first-order valence-electron chi connectivity index (χ1n) is 7.87. The maximum Gasteiger partial charge on any atom is 0.416 e. The molecule has 0 fully saturated rings. The predicted octanol–water partition coefficient (Wildman–Crippen LogP) is 4.02. The minimum atomic E-state index is -4.60. The Morgan fingerprint density at radius 3 is 2.52 bits per heavy atom. The summed E-state index contributed by atoms with van der Waals surface area (Å²) in [5, 5.41) is 11.7. The van der Waals surface area contributed by atoms with E-state index >= 15 is 0 Å². The molecule has 1 N–H and O–H groups in total. The first-order chi connectivity index (χ1) is 12.9. The van der Waals surface area contributed by atoms with Crippen LogP contribution >= 0.6 is 0 Å². The van der Waals surface area contributed by atoms with Gasteiger partial charge in [0.1, 0.15) is 24.9 Å². The summed E-state index contributed by atoms with van der Waals surface area (Å²) in [6.45, 7) is 0.778. The number of rotatable bonds is 3. The van der Waals surface area contributed by atoms with Crippen LogP contribution in [0.1, 0.15) is 11.1 Å². The molecular formula is C19H13F3N2O3. The number of nitrogens with zero attached hydrogens (tertiary/aromatic N) is 1. The molecule has 1 heterocycles. The minimum Gasteiger partial charge on any atom is -0.486 e. The van der Waals surface area contributed by atoms with Gasteiger partial charge in [-0.1, -0.05) is 18.2 Å². The molecule has 0 aliphatic carbocycles. The fourth-order valence-corrected chi connectivity index (χ4v) is 2.50. The lowest BCUT2D eigenvalue weighted by Crippen LogP contribution is -2.17. The third-order valence-electron chi connectivity index (χ3n) is 3.73. The first-order valence-corrected chi connectivity index (χ1v) is 7.87. The second-order valence-electron chi connectivity index (χ2n) is 5.57. The molecule has 138 valence electrons. The monoisotopic (exact) mass is 374 g/mol. The highest BCUT2D eigenvalue weighted by Crippen LogP contribution is 2.34. The van der Waals surface area contributed by atoms with Crippen molar-refractivity contribution in [3.8, 4) is 17.6 Å². The van der Waals surface area contributed by atoms with Gasteiger partial charge < -0.3 is 14.8 Å². The lowest BCUT2D eigenvalue weighted by atomic mass is 10.0. The molecule has 0 aromatic heterocycles. The van der Waals surface area contributed by atoms with E-state index in [9.17, 15) is 23.2 Å². The van der Waals surface area contributed by atoms with Crippen LogP contribution in [-0.4, -0.2) is 19.1 Å². The van der Waals surface area contributed by atoms with Crippen molar-refractivity contribution in [1.29, 1.82) is 5.26 Å². The molecule has 8 heteroatoms. The average Bonchev–Trinajstić information content (AvgIpc) is 2.65. The maximum atomic E-state index is 13.1. The zero-order chi connectivity index (χ0) is 19.4. The van der Waals surface area contributed by atoms with Crippen molar-refractivity contribution in [2.75, 3.05) is 18.5 Å². The Morgan fingerprint density at radius 1 is 1.11 bits per heavy atom. The Morgan fingerprint density at radius 2 is 1.81 bits per heavy atom. The summed E-state index contributed by atoms with van der Waals surface area (Å²) in [6, 6.07) is 11.0. The van der Waals surface area contributed by atoms with E-state index < -0.39 is 23.2 Å². The molecule has 0 bridgehead atoms. The molecule has 0 saturated carbocycles. The van der Waals surface area contributed by atoms with Crippen molar-refractivity contribution in [3.05, 3.63) is 59.2 Å². The van der Waals surface area contributed by atoms with Crippen molar-refractivity contribution in [3.63, 3.8) is 0 Å². The number of hydrogen-bond acceptors (Lipinski definition) is 4. The summed E-state index contributed by atoms with van der Waals surface area (Å²) >= 11 is 0. The highest BCUT2D eigenvalue weighted by atomic mass is 19.4. The molecule has 0 unspecified atom stereocenters. The van der Waals surface area contributed by atoms with Gasteiger partial charge in [0.05, 0.1) is 5.56 Å². The second kappa shape index (κ2) is 7.41. The fourth-order valence-electron chi connectivity index (χ4n) is 2.50. The third kappa shape index (κ3) is 4.20. The number of anilines is 1. The molecule has 1 aliphatic rings. The molecule has 27 heavy (non-hydrogen) atoms. The number of nitriles is 1. The zero-order valence-corrected chi connectivity index (χ0v) is 13.8. The largest absolute Gasteiger partial charge is 0.486 e. The lowest BCUT2D eigenvalue weighted by Gasteiger charge is -2.19. The normalized spacial score (nSPS) is 13.6. The number of nitrogens with one attached hydrogen (secondary N) is 1. The van der Waals surface area contributed by atoms with Crippen LogP contribution in [0.25, 0.3) is 6.08 Å². The van der Waals surface area contributed by atoms with Gasteiger partial charge in [0.25, 0.3) is 5.91 Å². The van der Waals surface area contributed by atoms with Crippen LogP contribution in [0.2, 0.25) is 0 Å². The summed E-state index contributed by atoms with van der Waals surface area (Å²) < 4.78 is 50.0. The van der Waals surface area contributed by atoms with Crippen LogP contribution in [0.5, 0.6) is 11.5 Å². The van der Waals surface area contributed by atoms with Crippen LogP contribution in [0, 0.1) is 11.3 Å². The lowest BCUT2D eigenvalue weighted by molar-refractivity contribution is -0.137. The van der Waals surface area contributed by atoms with Crippen molar-refractivity contribution in [2.24, 2.45) is 0 Å². The molecule has 1 amide bonds. The molecule has 5 nitrogen and oxygen atoms in total. The Hall–Kier alpha value is -3.47. The number of benzene rings is 2. The number of ether oxygens (including phenoxy) is 2. The molecule has 1 aliphatic heterocycles. The Bertz CT molecular complexity index is 946. The number of halogens is 3. The summed E-state index contributed by atoms with van der Waals surface area (Å²) in [5.41, 5.74) is -1.32. The van der Waals surface area contributed by atoms with E-state index in [0.29, 0.717) is 30.4 Å². The summed E-state index contributed by atoms with van der Waals surface area (Å²) in [4.78, 5) is 12.3. The molecule has 0 spiro atoms. The molecule has 0 radical (unpaired) electrons. The second-order valence-corrected chi connectivity index (χ2v) is 5.57. The van der Waals surface area contributed by atoms with Gasteiger partial charge in [-0.05, 0) is 29.8 Å². The first kappa shape index (κ1) is 18.3. The molecule has 0 saturated heterocycles. The average molecular weight is 374 g/mol. The van der Waals surface area contributed by atoms with Crippen LogP contribution in [-0.2, 0) is 11.0 Å². The van der Waals surface area contributed by atoms with E-state index in [-0.39, 0.29) is 5.56 Å². The topological polar surface area (TPSA) is 71.4 Å². The number of hydrogen-bond donors (Lipinski definition) is 1. The molecule has 2 aromatic carbocycles. The van der Waals surface area contributed by atoms with Crippen LogP contribution < -0.4 is 14.8 Å². The predicted molar refractivity (Wildman–Crippen MR) is 91.1 cm³/mol. The van der Waals surface area contributed by atoms with Crippen molar-refractivity contribution in [2.45, 2.75) is 6.18 Å². The van der Waals surface area contributed by atoms with Gasteiger partial charge in [0, 0.05) is 11.8 Å². The number of amides is 1. The number of carbonyl (C=O) groups is 1. The molecule has 3 rings (SSSR count). The van der Waals surface area contributed by atoms with Crippen LogP contribution in [0.4, 0.5) is 18.9 Å². The Balaban J connectivity index is 1.85. The number of fused-ring (bicyclic) bond motifs is 1. The Kier molecular flexibility index (Phi) is 5.03. The van der Waals surface area contributed by atoms with Gasteiger partial charge in [0.2, 0.25) is 0 Å². The van der Waals surface area contributed by atoms with Crippen molar-refractivity contribution in [1.82, 2.24) is 0 Å². The minimum absolute atomic E-state index is 0.265. The highest BCUT2D eigenvalue weighted by molar-refractivity contribution is 6.09. The quantitative estimate of drug-likeness (QED) is 0.651. The van der Waals surface area contributed by atoms with Gasteiger partial charge in [-0.15, -0.1) is 0 Å². The van der Waals surface area contributed by atoms with Crippen LogP contribution in [0.3, 0.4) is 0 Å². The van der Waals surface area contributed by atoms with E-state index in [1.54, 1.807) is 18.2 Å². The summed E-state index contributed by atoms with van der Waals surface area (Å²) in [5.74, 6) is 0.129. The zero-order valence-electron chi connectivity index (χ0n) is 13.8. The van der Waals surface area contributed by atoms with Gasteiger partial charge >= 0.3 is 6.18 Å². The van der Waals surface area contributed by atoms with Gasteiger partial charge in [-0.3, -0.25) is 4.79 Å². The van der Waals surface area contributed by atoms with Crippen molar-refractivity contribution < 1.29 is 27.4 Å². The summed E-state index contributed by atoms with van der Waals surface area (Å²) in [6.07, 6.45) is -3.68. The van der Waals surface area contributed by atoms with Gasteiger partial charge in [-0.25, -0.2) is 0 Å². The highest BCUT2D eigenvalue weighted by Gasteiger charge is 2.32. The third-order valence-corrected chi connectivity index (χ3v) is 3.73. The van der Waals surface area contributed by atoms with Crippen LogP contribution in [0.15, 0.2) is 48.0 Å². The van der Waals surface area contributed by atoms with E-state index in [4.69, 9.17) is 9.47 Å². The smallest absolute Gasteiger partial charge is 0.416 e. The van der Waals surface area contributed by atoms with Gasteiger partial charge in [0.15, 0.2) is 11.5 Å². The molecule has 0 atom stereocenters. The SMILES string of the molecule is N#C/C(=C\c1ccccc1C(F)(F)F)C(=O)Nc1ccc2c(c1)OCCO2. The van der Waals surface area contributed by atoms with Crippen molar-refractivity contribution >= 4 is 17.7 Å². The summed E-state index contributed by atoms with van der Waals surface area (Å²) in [7, 11) is 0. The van der Waals surface area contributed by atoms with E-state index in [2.05, 4.69) is 5.32 Å². The maximum absolute atomic E-state index is 13.1. The fraction of sp³-hybridized carbons (Fsp3) is 0.158. The van der Waals surface area contributed by atoms with E-state index in [1.807, 2.05) is 0 Å². The molecule has 2 aromatic rings. The van der Waals surface area contributed by atoms with Gasteiger partial charge in [-0.2, -0.15) is 18.4 Å². The van der Waals surface area contributed by atoms with E-state index in [0.717, 1.165) is 12.1 Å². The van der Waals surface area contributed by atoms with E-state index in [1.165, 1.54) is 24.3 Å². The Labute approximate surface area is 152 Å².